The average Bonchev–Trinajstić information content (AvgIpc) is 3.06. The number of aliphatic hydroxyl groups is 10. The van der Waals surface area contributed by atoms with E-state index in [4.69, 9.17) is 33.2 Å². The van der Waals surface area contributed by atoms with Crippen molar-refractivity contribution >= 4 is 17.8 Å². The molecule has 2 amide bonds. The molecule has 20 atom stereocenters. The van der Waals surface area contributed by atoms with E-state index in [2.05, 4.69) is 10.6 Å². The molecule has 0 aromatic heterocycles. The van der Waals surface area contributed by atoms with Crippen molar-refractivity contribution in [2.75, 3.05) is 13.2 Å². The predicted octanol–water partition coefficient (Wildman–Crippen LogP) is -8.34. The van der Waals surface area contributed by atoms with Gasteiger partial charge >= 0.3 is 5.97 Å². The normalized spacial score (nSPS) is 47.7. The Hall–Kier alpha value is -2.27. The number of ether oxygens (including phenoxy) is 7. The minimum atomic E-state index is -2.24. The molecule has 0 saturated carbocycles. The van der Waals surface area contributed by atoms with Gasteiger partial charge in [0.25, 0.3) is 0 Å². The molecule has 4 aliphatic rings. The van der Waals surface area contributed by atoms with Crippen LogP contribution < -0.4 is 10.6 Å². The van der Waals surface area contributed by atoms with E-state index in [1.54, 1.807) is 0 Å². The van der Waals surface area contributed by atoms with E-state index in [0.717, 1.165) is 13.8 Å². The molecule has 0 unspecified atom stereocenters. The number of hydrogen-bond donors (Lipinski definition) is 13. The van der Waals surface area contributed by atoms with Gasteiger partial charge in [-0.1, -0.05) is 0 Å². The summed E-state index contributed by atoms with van der Waals surface area (Å²) in [5, 5.41) is 120. The molecule has 4 rings (SSSR count). The third kappa shape index (κ3) is 8.93. The van der Waals surface area contributed by atoms with Gasteiger partial charge in [0.15, 0.2) is 31.3 Å². The summed E-state index contributed by atoms with van der Waals surface area (Å²) >= 11 is 0. The van der Waals surface area contributed by atoms with Crippen LogP contribution in [0.25, 0.3) is 0 Å². The summed E-state index contributed by atoms with van der Waals surface area (Å²) in [6.07, 6.45) is -32.7. The number of rotatable bonds is 11. The zero-order valence-corrected chi connectivity index (χ0v) is 27.5. The number of nitrogens with one attached hydrogen (secondary N) is 2. The molecule has 4 saturated heterocycles. The lowest BCUT2D eigenvalue weighted by molar-refractivity contribution is -0.369. The second-order valence-corrected chi connectivity index (χ2v) is 12.6. The van der Waals surface area contributed by atoms with Gasteiger partial charge in [-0.05, 0) is 6.92 Å². The first-order valence-corrected chi connectivity index (χ1v) is 15.9. The minimum absolute atomic E-state index is 0.726. The standard InChI is InChI=1S/C28H46N2O21/c1-6-13(35)16(38)18(40)27(45-6)49-21-12(30-8(3)34)26(47-10(5-32)15(21)37)50-22-17(39)19(41)28(51-23(22)24(42)43)48-20-11(29-7(2)33)25(44)46-9(4-31)14(20)36/h6,9-23,25-28,31-32,35-41,44H,4-5H2,1-3H3,(H,29,33)(H,30,34)(H,42,43)/t6-,9+,10+,11+,12-,13-,14+,15+,16+,17+,18+,19+,20+,21+,22+,23-,25+,26-,27-,28-/m0/s1. The summed E-state index contributed by atoms with van der Waals surface area (Å²) < 4.78 is 38.7. The summed E-state index contributed by atoms with van der Waals surface area (Å²) in [5.74, 6) is -3.32. The van der Waals surface area contributed by atoms with Crippen molar-refractivity contribution < 1.29 is 104 Å². The van der Waals surface area contributed by atoms with E-state index >= 15 is 0 Å². The van der Waals surface area contributed by atoms with E-state index in [9.17, 15) is 70.6 Å². The van der Waals surface area contributed by atoms with Gasteiger partial charge in [0.05, 0.1) is 19.3 Å². The fourth-order valence-electron chi connectivity index (χ4n) is 6.26. The van der Waals surface area contributed by atoms with E-state index < -0.39 is 154 Å². The molecule has 0 aromatic carbocycles. The topological polar surface area (TPSA) is 362 Å². The van der Waals surface area contributed by atoms with Gasteiger partial charge in [-0.25, -0.2) is 4.79 Å². The highest BCUT2D eigenvalue weighted by molar-refractivity contribution is 5.74. The Morgan fingerprint density at radius 2 is 1.04 bits per heavy atom. The molecular formula is C28H46N2O21. The van der Waals surface area contributed by atoms with Gasteiger partial charge < -0.3 is 100.0 Å². The smallest absolute Gasteiger partial charge is 0.335 e. The van der Waals surface area contributed by atoms with Crippen molar-refractivity contribution in [3.05, 3.63) is 0 Å². The number of hydrogen-bond acceptors (Lipinski definition) is 20. The highest BCUT2D eigenvalue weighted by Gasteiger charge is 2.57. The van der Waals surface area contributed by atoms with Gasteiger partial charge in [0.2, 0.25) is 11.8 Å². The van der Waals surface area contributed by atoms with Crippen LogP contribution in [-0.2, 0) is 47.5 Å². The Labute approximate surface area is 289 Å². The average molecular weight is 747 g/mol. The Bertz CT molecular complexity index is 1200. The zero-order chi connectivity index (χ0) is 38.1. The third-order valence-electron chi connectivity index (χ3n) is 8.94. The second kappa shape index (κ2) is 17.3. The van der Waals surface area contributed by atoms with Gasteiger partial charge in [-0.3, -0.25) is 9.59 Å². The maximum atomic E-state index is 12.4. The maximum absolute atomic E-state index is 12.4. The fraction of sp³-hybridized carbons (Fsp3) is 0.893. The molecule has 23 nitrogen and oxygen atoms in total. The number of carbonyl (C=O) groups is 3. The number of aliphatic carboxylic acids is 1. The zero-order valence-electron chi connectivity index (χ0n) is 27.5. The van der Waals surface area contributed by atoms with Crippen LogP contribution in [0.1, 0.15) is 20.8 Å². The Kier molecular flexibility index (Phi) is 14.0. The van der Waals surface area contributed by atoms with Gasteiger partial charge in [0.1, 0.15) is 85.3 Å². The van der Waals surface area contributed by atoms with Crippen LogP contribution in [0.15, 0.2) is 0 Å². The molecule has 4 fully saturated rings. The van der Waals surface area contributed by atoms with E-state index in [1.807, 2.05) is 0 Å². The molecule has 4 aliphatic heterocycles. The molecule has 51 heavy (non-hydrogen) atoms. The Morgan fingerprint density at radius 1 is 0.569 bits per heavy atom. The highest BCUT2D eigenvalue weighted by Crippen LogP contribution is 2.34. The minimum Gasteiger partial charge on any atom is -0.479 e. The summed E-state index contributed by atoms with van der Waals surface area (Å²) in [6.45, 7) is 1.68. The monoisotopic (exact) mass is 746 g/mol. The SMILES string of the molecule is CC(=O)N[C@@H]1[C@H](O[C@@H]2[C@H](O)[C@@H](O)[C@@H](O[C@H]3[C@H](O)[C@@H](CO)O[C@@H](O)[C@@H]3NC(C)=O)O[C@@H]2C(=O)O)O[C@H](CO)[C@@H](O)[C@@H]1O[C@@H]1O[C@@H](C)[C@H](O)[C@@H](O)[C@H]1O. The molecule has 294 valence electrons. The van der Waals surface area contributed by atoms with Gasteiger partial charge in [0, 0.05) is 13.8 Å². The van der Waals surface area contributed by atoms with E-state index in [1.165, 1.54) is 6.92 Å². The molecule has 4 heterocycles. The first kappa shape index (κ1) is 41.5. The first-order chi connectivity index (χ1) is 23.9. The molecule has 0 spiro atoms. The number of carboxylic acid groups (broad SMARTS) is 1. The summed E-state index contributed by atoms with van der Waals surface area (Å²) in [7, 11) is 0. The van der Waals surface area contributed by atoms with Crippen LogP contribution in [0.3, 0.4) is 0 Å². The van der Waals surface area contributed by atoms with Crippen molar-refractivity contribution in [3.63, 3.8) is 0 Å². The first-order valence-electron chi connectivity index (χ1n) is 15.9. The number of amides is 2. The fourth-order valence-corrected chi connectivity index (χ4v) is 6.26. The molecule has 0 bridgehead atoms. The lowest BCUT2D eigenvalue weighted by Gasteiger charge is -2.49. The molecule has 23 heteroatoms. The van der Waals surface area contributed by atoms with Gasteiger partial charge in [-0.2, -0.15) is 0 Å². The molecule has 0 aliphatic carbocycles. The summed E-state index contributed by atoms with van der Waals surface area (Å²) in [6, 6.07) is -3.19. The molecular weight excluding hydrogens is 700 g/mol. The van der Waals surface area contributed by atoms with Crippen LogP contribution in [0.4, 0.5) is 0 Å². The number of carbonyl (C=O) groups excluding carboxylic acids is 2. The molecule has 13 N–H and O–H groups in total. The summed E-state index contributed by atoms with van der Waals surface area (Å²) in [4.78, 5) is 36.5. The highest BCUT2D eigenvalue weighted by atomic mass is 16.8. The van der Waals surface area contributed by atoms with Gasteiger partial charge in [-0.15, -0.1) is 0 Å². The molecule has 0 radical (unpaired) electrons. The van der Waals surface area contributed by atoms with Crippen molar-refractivity contribution in [1.29, 1.82) is 0 Å². The Balaban J connectivity index is 1.60. The predicted molar refractivity (Wildman–Crippen MR) is 156 cm³/mol. The Morgan fingerprint density at radius 3 is 1.57 bits per heavy atom. The van der Waals surface area contributed by atoms with E-state index in [-0.39, 0.29) is 0 Å². The number of carboxylic acids is 1. The van der Waals surface area contributed by atoms with Crippen LogP contribution in [0.2, 0.25) is 0 Å². The van der Waals surface area contributed by atoms with Crippen LogP contribution in [0, 0.1) is 0 Å². The van der Waals surface area contributed by atoms with Crippen molar-refractivity contribution in [2.24, 2.45) is 0 Å². The third-order valence-corrected chi connectivity index (χ3v) is 8.94. The van der Waals surface area contributed by atoms with Crippen LogP contribution in [0.5, 0.6) is 0 Å². The second-order valence-electron chi connectivity index (χ2n) is 12.6. The lowest BCUT2D eigenvalue weighted by atomic mass is 9.94. The van der Waals surface area contributed by atoms with E-state index in [0.29, 0.717) is 0 Å². The number of aliphatic hydroxyl groups excluding tert-OH is 10. The van der Waals surface area contributed by atoms with Crippen molar-refractivity contribution in [3.8, 4) is 0 Å². The quantitative estimate of drug-likeness (QED) is 0.0933. The van der Waals surface area contributed by atoms with Crippen molar-refractivity contribution in [2.45, 2.75) is 143 Å². The lowest BCUT2D eigenvalue weighted by Crippen LogP contribution is -2.70. The maximum Gasteiger partial charge on any atom is 0.335 e. The summed E-state index contributed by atoms with van der Waals surface area (Å²) in [5.41, 5.74) is 0. The van der Waals surface area contributed by atoms with Crippen LogP contribution >= 0.6 is 0 Å². The van der Waals surface area contributed by atoms with Crippen molar-refractivity contribution in [1.82, 2.24) is 10.6 Å². The van der Waals surface area contributed by atoms with Crippen LogP contribution in [-0.4, -0.2) is 210 Å². The molecule has 0 aromatic rings. The largest absolute Gasteiger partial charge is 0.479 e.